The van der Waals surface area contributed by atoms with Crippen molar-refractivity contribution in [3.05, 3.63) is 28.2 Å². The summed E-state index contributed by atoms with van der Waals surface area (Å²) in [6, 6.07) is 5.66. The number of nitrogens with one attached hydrogen (secondary N) is 3. The zero-order chi connectivity index (χ0) is 16.8. The van der Waals surface area contributed by atoms with Gasteiger partial charge in [-0.2, -0.15) is 0 Å². The standard InChI is InChI=1S/C17H24BrN3O2/c1-12-5-7-21(8-6-12)11-17(23)19-10-16(22)20-15-4-3-14(18)9-13(15)2/h3-4,9,12H,5-8,10-11H2,1-2H3,(H,19,23)(H,20,22)/p+1. The van der Waals surface area contributed by atoms with Gasteiger partial charge in [-0.25, -0.2) is 0 Å². The molecule has 0 spiro atoms. The lowest BCUT2D eigenvalue weighted by atomic mass is 9.99. The second kappa shape index (κ2) is 8.45. The molecule has 1 aliphatic rings. The number of carbonyl (C=O) groups excluding carboxylic acids is 2. The molecule has 0 radical (unpaired) electrons. The molecule has 1 saturated heterocycles. The van der Waals surface area contributed by atoms with Gasteiger partial charge in [0, 0.05) is 10.2 Å². The average Bonchev–Trinajstić information content (AvgIpc) is 2.50. The van der Waals surface area contributed by atoms with E-state index in [9.17, 15) is 9.59 Å². The number of quaternary nitrogens is 1. The maximum atomic E-state index is 11.9. The fourth-order valence-electron chi connectivity index (χ4n) is 2.78. The molecule has 2 rings (SSSR count). The Hall–Kier alpha value is -1.40. The Bertz CT molecular complexity index is 569. The molecule has 5 nitrogen and oxygen atoms in total. The summed E-state index contributed by atoms with van der Waals surface area (Å²) in [4.78, 5) is 25.2. The SMILES string of the molecule is Cc1cc(Br)ccc1NC(=O)CNC(=O)C[NH+]1CCC(C)CC1. The van der Waals surface area contributed by atoms with E-state index in [1.807, 2.05) is 25.1 Å². The number of hydrogen-bond donors (Lipinski definition) is 3. The molecule has 6 heteroatoms. The number of amides is 2. The second-order valence-corrected chi connectivity index (χ2v) is 7.31. The number of carbonyl (C=O) groups is 2. The van der Waals surface area contributed by atoms with Crippen LogP contribution in [0.2, 0.25) is 0 Å². The fourth-order valence-corrected chi connectivity index (χ4v) is 3.25. The highest BCUT2D eigenvalue weighted by Crippen LogP contribution is 2.19. The molecule has 0 unspecified atom stereocenters. The Morgan fingerprint density at radius 3 is 2.61 bits per heavy atom. The first-order valence-electron chi connectivity index (χ1n) is 8.10. The molecular weight excluding hydrogens is 358 g/mol. The second-order valence-electron chi connectivity index (χ2n) is 6.39. The summed E-state index contributed by atoms with van der Waals surface area (Å²) in [5, 5.41) is 5.53. The van der Waals surface area contributed by atoms with Crippen LogP contribution in [0.4, 0.5) is 5.69 Å². The monoisotopic (exact) mass is 382 g/mol. The number of likely N-dealkylation sites (tertiary alicyclic amines) is 1. The number of benzene rings is 1. The summed E-state index contributed by atoms with van der Waals surface area (Å²) >= 11 is 3.39. The van der Waals surface area contributed by atoms with Crippen LogP contribution in [-0.2, 0) is 9.59 Å². The number of hydrogen-bond acceptors (Lipinski definition) is 2. The van der Waals surface area contributed by atoms with E-state index in [-0.39, 0.29) is 18.4 Å². The minimum atomic E-state index is -0.203. The van der Waals surface area contributed by atoms with Gasteiger partial charge in [-0.05, 0) is 49.4 Å². The van der Waals surface area contributed by atoms with Crippen LogP contribution in [0.25, 0.3) is 0 Å². The van der Waals surface area contributed by atoms with Gasteiger partial charge in [0.2, 0.25) is 5.91 Å². The number of halogens is 1. The lowest BCUT2D eigenvalue weighted by molar-refractivity contribution is -0.898. The molecule has 23 heavy (non-hydrogen) atoms. The molecule has 0 saturated carbocycles. The smallest absolute Gasteiger partial charge is 0.275 e. The van der Waals surface area contributed by atoms with E-state index in [1.165, 1.54) is 17.7 Å². The van der Waals surface area contributed by atoms with Gasteiger partial charge in [-0.1, -0.05) is 22.9 Å². The Morgan fingerprint density at radius 2 is 1.96 bits per heavy atom. The van der Waals surface area contributed by atoms with Crippen molar-refractivity contribution >= 4 is 33.4 Å². The van der Waals surface area contributed by atoms with E-state index in [2.05, 4.69) is 33.5 Å². The lowest BCUT2D eigenvalue weighted by Crippen LogP contribution is -3.14. The molecule has 2 amide bonds. The largest absolute Gasteiger partial charge is 0.342 e. The fraction of sp³-hybridized carbons (Fsp3) is 0.529. The van der Waals surface area contributed by atoms with Crippen molar-refractivity contribution < 1.29 is 14.5 Å². The molecule has 0 aromatic heterocycles. The van der Waals surface area contributed by atoms with Crippen molar-refractivity contribution in [3.63, 3.8) is 0 Å². The van der Waals surface area contributed by atoms with Crippen LogP contribution in [-0.4, -0.2) is 38.0 Å². The number of piperidine rings is 1. The minimum Gasteiger partial charge on any atom is -0.342 e. The summed E-state index contributed by atoms with van der Waals surface area (Å²) in [5.74, 6) is 0.505. The van der Waals surface area contributed by atoms with Gasteiger partial charge < -0.3 is 15.5 Å². The van der Waals surface area contributed by atoms with E-state index in [0.717, 1.165) is 34.7 Å². The van der Waals surface area contributed by atoms with Crippen LogP contribution in [0.3, 0.4) is 0 Å². The maximum absolute atomic E-state index is 11.9. The summed E-state index contributed by atoms with van der Waals surface area (Å²) in [5.41, 5.74) is 1.74. The summed E-state index contributed by atoms with van der Waals surface area (Å²) in [7, 11) is 0. The van der Waals surface area contributed by atoms with Crippen LogP contribution >= 0.6 is 15.9 Å². The molecule has 0 aliphatic carbocycles. The van der Waals surface area contributed by atoms with Crippen molar-refractivity contribution in [2.75, 3.05) is 31.5 Å². The summed E-state index contributed by atoms with van der Waals surface area (Å²) in [6.07, 6.45) is 2.35. The van der Waals surface area contributed by atoms with E-state index < -0.39 is 0 Å². The van der Waals surface area contributed by atoms with E-state index in [4.69, 9.17) is 0 Å². The van der Waals surface area contributed by atoms with Gasteiger partial charge in [-0.3, -0.25) is 9.59 Å². The molecular formula is C17H25BrN3O2+. The van der Waals surface area contributed by atoms with Crippen molar-refractivity contribution in [2.24, 2.45) is 5.92 Å². The molecule has 1 heterocycles. The maximum Gasteiger partial charge on any atom is 0.275 e. The number of rotatable bonds is 5. The molecule has 0 atom stereocenters. The van der Waals surface area contributed by atoms with Crippen molar-refractivity contribution in [3.8, 4) is 0 Å². The van der Waals surface area contributed by atoms with Crippen LogP contribution in [0.5, 0.6) is 0 Å². The first-order valence-corrected chi connectivity index (χ1v) is 8.89. The molecule has 1 aliphatic heterocycles. The van der Waals surface area contributed by atoms with E-state index in [0.29, 0.717) is 6.54 Å². The Labute approximate surface area is 145 Å². The van der Waals surface area contributed by atoms with Crippen LogP contribution < -0.4 is 15.5 Å². The molecule has 0 bridgehead atoms. The summed E-state index contributed by atoms with van der Waals surface area (Å²) in [6.45, 7) is 6.73. The molecule has 1 aromatic carbocycles. The van der Waals surface area contributed by atoms with Gasteiger partial charge in [0.05, 0.1) is 19.6 Å². The van der Waals surface area contributed by atoms with E-state index in [1.54, 1.807) is 0 Å². The first kappa shape index (κ1) is 17.9. The molecule has 1 fully saturated rings. The highest BCUT2D eigenvalue weighted by molar-refractivity contribution is 9.10. The zero-order valence-corrected chi connectivity index (χ0v) is 15.3. The normalized spacial score (nSPS) is 20.8. The number of aryl methyl sites for hydroxylation is 1. The molecule has 126 valence electrons. The number of anilines is 1. The highest BCUT2D eigenvalue weighted by atomic mass is 79.9. The van der Waals surface area contributed by atoms with Crippen LogP contribution in [0.15, 0.2) is 22.7 Å². The average molecular weight is 383 g/mol. The summed E-state index contributed by atoms with van der Waals surface area (Å²) < 4.78 is 0.972. The third-order valence-corrected chi connectivity index (χ3v) is 4.79. The van der Waals surface area contributed by atoms with Crippen molar-refractivity contribution in [2.45, 2.75) is 26.7 Å². The van der Waals surface area contributed by atoms with Gasteiger partial charge in [0.15, 0.2) is 6.54 Å². The quantitative estimate of drug-likeness (QED) is 0.714. The lowest BCUT2D eigenvalue weighted by Gasteiger charge is -2.26. The Kier molecular flexibility index (Phi) is 6.59. The third-order valence-electron chi connectivity index (χ3n) is 4.30. The van der Waals surface area contributed by atoms with Crippen molar-refractivity contribution in [1.82, 2.24) is 5.32 Å². The van der Waals surface area contributed by atoms with Crippen LogP contribution in [0.1, 0.15) is 25.3 Å². The van der Waals surface area contributed by atoms with Crippen molar-refractivity contribution in [1.29, 1.82) is 0 Å². The predicted octanol–water partition coefficient (Wildman–Crippen LogP) is 1.13. The zero-order valence-electron chi connectivity index (χ0n) is 13.7. The molecule has 3 N–H and O–H groups in total. The van der Waals surface area contributed by atoms with Gasteiger partial charge in [0.25, 0.3) is 5.91 Å². The minimum absolute atomic E-state index is 0.0119. The first-order chi connectivity index (χ1) is 10.9. The van der Waals surface area contributed by atoms with E-state index >= 15 is 0 Å². The van der Waals surface area contributed by atoms with Gasteiger partial charge in [0.1, 0.15) is 0 Å². The predicted molar refractivity (Wildman–Crippen MR) is 94.5 cm³/mol. The van der Waals surface area contributed by atoms with Gasteiger partial charge in [-0.15, -0.1) is 0 Å². The van der Waals surface area contributed by atoms with Crippen LogP contribution in [0, 0.1) is 12.8 Å². The Balaban J connectivity index is 1.72. The highest BCUT2D eigenvalue weighted by Gasteiger charge is 2.21. The Morgan fingerprint density at radius 1 is 1.26 bits per heavy atom. The van der Waals surface area contributed by atoms with Gasteiger partial charge >= 0.3 is 0 Å². The third kappa shape index (κ3) is 5.95. The molecule has 1 aromatic rings. The topological polar surface area (TPSA) is 62.6 Å².